The van der Waals surface area contributed by atoms with E-state index in [0.717, 1.165) is 12.8 Å². The molecule has 0 heterocycles. The molecule has 0 saturated heterocycles. The summed E-state index contributed by atoms with van der Waals surface area (Å²) in [5, 5.41) is 8.86. The molecule has 0 aromatic heterocycles. The van der Waals surface area contributed by atoms with E-state index in [-0.39, 0.29) is 5.41 Å². The first-order chi connectivity index (χ1) is 7.02. The summed E-state index contributed by atoms with van der Waals surface area (Å²) in [5.74, 6) is 0. The lowest BCUT2D eigenvalue weighted by Crippen LogP contribution is -2.21. The lowest BCUT2D eigenvalue weighted by molar-refractivity contribution is 0.309. The molecule has 0 aliphatic carbocycles. The van der Waals surface area contributed by atoms with Crippen LogP contribution in [0.3, 0.4) is 0 Å². The van der Waals surface area contributed by atoms with Gasteiger partial charge >= 0.3 is 0 Å². The molecule has 2 nitrogen and oxygen atoms in total. The average Bonchev–Trinajstić information content (AvgIpc) is 2.21. The number of hydrogen-bond donors (Lipinski definition) is 0. The Kier molecular flexibility index (Phi) is 7.42. The Balaban J connectivity index is 3.43. The molecule has 0 radical (unpaired) electrons. The van der Waals surface area contributed by atoms with Crippen LogP contribution in [0.15, 0.2) is 0 Å². The van der Waals surface area contributed by atoms with E-state index in [9.17, 15) is 0 Å². The summed E-state index contributed by atoms with van der Waals surface area (Å²) >= 11 is 0. The summed E-state index contributed by atoms with van der Waals surface area (Å²) < 4.78 is 0. The molecular weight excluding hydrogens is 184 g/mol. The van der Waals surface area contributed by atoms with Crippen LogP contribution < -0.4 is 0 Å². The van der Waals surface area contributed by atoms with Crippen molar-refractivity contribution < 1.29 is 0 Å². The summed E-state index contributed by atoms with van der Waals surface area (Å²) in [4.78, 5) is 2.39. The highest BCUT2D eigenvalue weighted by molar-refractivity contribution is 4.91. The average molecular weight is 210 g/mol. The quantitative estimate of drug-likeness (QED) is 0.574. The first kappa shape index (κ1) is 14.5. The Morgan fingerprint density at radius 2 is 1.73 bits per heavy atom. The number of hydrogen-bond acceptors (Lipinski definition) is 2. The van der Waals surface area contributed by atoms with Gasteiger partial charge in [-0.25, -0.2) is 0 Å². The summed E-state index contributed by atoms with van der Waals surface area (Å²) in [6, 6.07) is 2.35. The molecule has 0 aliphatic rings. The van der Waals surface area contributed by atoms with Crippen molar-refractivity contribution in [2.24, 2.45) is 5.41 Å². The second-order valence-corrected chi connectivity index (χ2v) is 5.11. The van der Waals surface area contributed by atoms with Crippen molar-refractivity contribution >= 4 is 0 Å². The molecule has 0 aliphatic heterocycles. The molecule has 0 aromatic carbocycles. The number of unbranched alkanes of at least 4 members (excludes halogenated alkanes) is 2. The Morgan fingerprint density at radius 1 is 1.13 bits per heavy atom. The number of nitrogens with zero attached hydrogens (tertiary/aromatic N) is 2. The maximum atomic E-state index is 8.86. The molecule has 0 bridgehead atoms. The minimum Gasteiger partial charge on any atom is -0.306 e. The first-order valence-electron chi connectivity index (χ1n) is 6.11. The van der Waals surface area contributed by atoms with E-state index < -0.39 is 0 Å². The van der Waals surface area contributed by atoms with E-state index in [1.807, 2.05) is 13.8 Å². The Bertz CT molecular complexity index is 191. The third-order valence-electron chi connectivity index (χ3n) is 2.79. The molecule has 0 rings (SSSR count). The fraction of sp³-hybridized carbons (Fsp3) is 0.923. The minimum atomic E-state index is -0.137. The normalized spacial score (nSPS) is 11.7. The maximum Gasteiger partial charge on any atom is 0.0683 e. The fourth-order valence-electron chi connectivity index (χ4n) is 1.54. The molecule has 0 fully saturated rings. The van der Waals surface area contributed by atoms with Crippen molar-refractivity contribution in [2.75, 3.05) is 20.1 Å². The maximum absolute atomic E-state index is 8.86. The van der Waals surface area contributed by atoms with Gasteiger partial charge in [-0.1, -0.05) is 19.8 Å². The van der Waals surface area contributed by atoms with Gasteiger partial charge in [0.2, 0.25) is 0 Å². The van der Waals surface area contributed by atoms with Gasteiger partial charge in [0.05, 0.1) is 11.5 Å². The van der Waals surface area contributed by atoms with Crippen LogP contribution in [0.1, 0.15) is 52.9 Å². The van der Waals surface area contributed by atoms with Gasteiger partial charge in [-0.3, -0.25) is 0 Å². The van der Waals surface area contributed by atoms with E-state index in [1.165, 1.54) is 32.4 Å². The second kappa shape index (κ2) is 7.70. The minimum absolute atomic E-state index is 0.137. The van der Waals surface area contributed by atoms with Gasteiger partial charge in [0.15, 0.2) is 0 Å². The standard InChI is InChI=1S/C13H26N2/c1-5-6-10-15(4)11-8-7-9-13(2,3)12-14/h5-11H2,1-4H3. The largest absolute Gasteiger partial charge is 0.306 e. The fourth-order valence-corrected chi connectivity index (χ4v) is 1.54. The summed E-state index contributed by atoms with van der Waals surface area (Å²) in [6.07, 6.45) is 5.96. The van der Waals surface area contributed by atoms with Gasteiger partial charge in [-0.15, -0.1) is 0 Å². The van der Waals surface area contributed by atoms with Crippen LogP contribution in [0.25, 0.3) is 0 Å². The van der Waals surface area contributed by atoms with E-state index in [4.69, 9.17) is 5.26 Å². The molecule has 0 N–H and O–H groups in total. The smallest absolute Gasteiger partial charge is 0.0683 e. The molecule has 15 heavy (non-hydrogen) atoms. The molecule has 2 heteroatoms. The highest BCUT2D eigenvalue weighted by atomic mass is 15.1. The first-order valence-corrected chi connectivity index (χ1v) is 6.11. The Hall–Kier alpha value is -0.550. The van der Waals surface area contributed by atoms with Gasteiger partial charge < -0.3 is 4.90 Å². The van der Waals surface area contributed by atoms with Crippen LogP contribution in [0.4, 0.5) is 0 Å². The molecule has 0 spiro atoms. The predicted octanol–water partition coefficient (Wildman–Crippen LogP) is 3.44. The monoisotopic (exact) mass is 210 g/mol. The topological polar surface area (TPSA) is 27.0 Å². The molecular formula is C13H26N2. The van der Waals surface area contributed by atoms with Crippen molar-refractivity contribution in [3.8, 4) is 6.07 Å². The Labute approximate surface area is 95.3 Å². The van der Waals surface area contributed by atoms with Gasteiger partial charge in [0.1, 0.15) is 0 Å². The van der Waals surface area contributed by atoms with E-state index >= 15 is 0 Å². The van der Waals surface area contributed by atoms with Gasteiger partial charge in [0.25, 0.3) is 0 Å². The van der Waals surface area contributed by atoms with Gasteiger partial charge in [-0.05, 0) is 53.2 Å². The third-order valence-corrected chi connectivity index (χ3v) is 2.79. The van der Waals surface area contributed by atoms with E-state index in [2.05, 4.69) is 24.9 Å². The second-order valence-electron chi connectivity index (χ2n) is 5.11. The van der Waals surface area contributed by atoms with Crippen LogP contribution in [0.5, 0.6) is 0 Å². The third kappa shape index (κ3) is 8.44. The van der Waals surface area contributed by atoms with Crippen LogP contribution in [0.2, 0.25) is 0 Å². The number of rotatable bonds is 8. The lowest BCUT2D eigenvalue weighted by atomic mass is 9.89. The molecule has 0 unspecified atom stereocenters. The van der Waals surface area contributed by atoms with Crippen molar-refractivity contribution in [3.05, 3.63) is 0 Å². The van der Waals surface area contributed by atoms with Crippen molar-refractivity contribution in [3.63, 3.8) is 0 Å². The van der Waals surface area contributed by atoms with Gasteiger partial charge in [-0.2, -0.15) is 5.26 Å². The molecule has 88 valence electrons. The molecule has 0 atom stereocenters. The zero-order chi connectivity index (χ0) is 11.7. The van der Waals surface area contributed by atoms with Crippen LogP contribution in [0, 0.1) is 16.7 Å². The van der Waals surface area contributed by atoms with Crippen LogP contribution in [-0.4, -0.2) is 25.0 Å². The van der Waals surface area contributed by atoms with Crippen LogP contribution in [-0.2, 0) is 0 Å². The van der Waals surface area contributed by atoms with Crippen molar-refractivity contribution in [1.82, 2.24) is 4.90 Å². The molecule has 0 amide bonds. The summed E-state index contributed by atoms with van der Waals surface area (Å²) in [5.41, 5.74) is -0.137. The van der Waals surface area contributed by atoms with Crippen molar-refractivity contribution in [2.45, 2.75) is 52.9 Å². The summed E-state index contributed by atoms with van der Waals surface area (Å²) in [7, 11) is 2.19. The zero-order valence-electron chi connectivity index (χ0n) is 10.8. The van der Waals surface area contributed by atoms with Crippen molar-refractivity contribution in [1.29, 1.82) is 5.26 Å². The van der Waals surface area contributed by atoms with Gasteiger partial charge in [0, 0.05) is 0 Å². The van der Waals surface area contributed by atoms with E-state index in [1.54, 1.807) is 0 Å². The SMILES string of the molecule is CCCCN(C)CCCCC(C)(C)C#N. The Morgan fingerprint density at radius 3 is 2.27 bits per heavy atom. The highest BCUT2D eigenvalue weighted by Crippen LogP contribution is 2.21. The predicted molar refractivity (Wildman–Crippen MR) is 65.7 cm³/mol. The zero-order valence-corrected chi connectivity index (χ0v) is 10.8. The van der Waals surface area contributed by atoms with Crippen LogP contribution >= 0.6 is 0 Å². The molecule has 0 aromatic rings. The molecule has 0 saturated carbocycles. The summed E-state index contributed by atoms with van der Waals surface area (Å²) in [6.45, 7) is 8.64. The lowest BCUT2D eigenvalue weighted by Gasteiger charge is -2.18. The number of nitriles is 1. The highest BCUT2D eigenvalue weighted by Gasteiger charge is 2.15. The van der Waals surface area contributed by atoms with E-state index in [0.29, 0.717) is 0 Å².